The van der Waals surface area contributed by atoms with E-state index in [-0.39, 0.29) is 10.6 Å². The molecule has 0 aliphatic rings. The van der Waals surface area contributed by atoms with Crippen LogP contribution in [0.15, 0.2) is 57.9 Å². The van der Waals surface area contributed by atoms with Gasteiger partial charge in [0.15, 0.2) is 11.5 Å². The molecule has 158 valence electrons. The first-order valence-electron chi connectivity index (χ1n) is 9.72. The van der Waals surface area contributed by atoms with E-state index in [1.165, 1.54) is 10.4 Å². The number of amides is 1. The number of carbonyl (C=O) groups excluding carboxylic acids is 1. The Morgan fingerprint density at radius 2 is 1.73 bits per heavy atom. The molecule has 0 bridgehead atoms. The molecule has 0 atom stereocenters. The molecule has 0 aliphatic carbocycles. The molecule has 0 radical (unpaired) electrons. The van der Waals surface area contributed by atoms with Gasteiger partial charge in [0.25, 0.3) is 5.91 Å². The Balaban J connectivity index is 1.91. The summed E-state index contributed by atoms with van der Waals surface area (Å²) in [7, 11) is -3.65. The second kappa shape index (κ2) is 8.81. The van der Waals surface area contributed by atoms with Gasteiger partial charge in [-0.2, -0.15) is 4.31 Å². The molecule has 1 N–H and O–H groups in total. The van der Waals surface area contributed by atoms with Crippen molar-refractivity contribution in [1.82, 2.24) is 9.46 Å². The number of hydrogen-bond acceptors (Lipinski definition) is 5. The van der Waals surface area contributed by atoms with Crippen molar-refractivity contribution in [3.05, 3.63) is 65.4 Å². The van der Waals surface area contributed by atoms with E-state index >= 15 is 0 Å². The lowest BCUT2D eigenvalue weighted by Crippen LogP contribution is -2.30. The Hall–Kier alpha value is -2.97. The fourth-order valence-electron chi connectivity index (χ4n) is 3.12. The highest BCUT2D eigenvalue weighted by atomic mass is 32.2. The van der Waals surface area contributed by atoms with Crippen LogP contribution in [0.4, 0.5) is 5.69 Å². The van der Waals surface area contributed by atoms with Crippen molar-refractivity contribution in [3.8, 4) is 11.3 Å². The lowest BCUT2D eigenvalue weighted by atomic mass is 10.1. The van der Waals surface area contributed by atoms with Crippen LogP contribution in [0, 0.1) is 13.8 Å². The highest BCUT2D eigenvalue weighted by molar-refractivity contribution is 7.89. The standard InChI is InChI=1S/C22H25N3O4S/c1-5-25(6-2)30(27,28)18-12-15(3)16(4)19(13-18)23-22(26)20-14-21(29-24-20)17-10-8-7-9-11-17/h7-14H,5-6H2,1-4H3,(H,23,26). The molecule has 0 fully saturated rings. The highest BCUT2D eigenvalue weighted by Crippen LogP contribution is 2.27. The van der Waals surface area contributed by atoms with Gasteiger partial charge >= 0.3 is 0 Å². The topological polar surface area (TPSA) is 92.5 Å². The summed E-state index contributed by atoms with van der Waals surface area (Å²) in [4.78, 5) is 12.9. The molecule has 0 spiro atoms. The van der Waals surface area contributed by atoms with Crippen molar-refractivity contribution in [1.29, 1.82) is 0 Å². The van der Waals surface area contributed by atoms with Crippen LogP contribution in [0.1, 0.15) is 35.5 Å². The largest absolute Gasteiger partial charge is 0.355 e. The van der Waals surface area contributed by atoms with Gasteiger partial charge in [0.05, 0.1) is 4.90 Å². The summed E-state index contributed by atoms with van der Waals surface area (Å²) in [6, 6.07) is 14.0. The number of carbonyl (C=O) groups is 1. The molecule has 30 heavy (non-hydrogen) atoms. The van der Waals surface area contributed by atoms with E-state index in [2.05, 4.69) is 10.5 Å². The average molecular weight is 428 g/mol. The Morgan fingerprint density at radius 3 is 2.37 bits per heavy atom. The van der Waals surface area contributed by atoms with Crippen molar-refractivity contribution in [3.63, 3.8) is 0 Å². The van der Waals surface area contributed by atoms with E-state index in [9.17, 15) is 13.2 Å². The second-order valence-electron chi connectivity index (χ2n) is 6.90. The predicted molar refractivity (Wildman–Crippen MR) is 116 cm³/mol. The van der Waals surface area contributed by atoms with Gasteiger partial charge in [-0.05, 0) is 37.1 Å². The van der Waals surface area contributed by atoms with E-state index in [1.807, 2.05) is 44.2 Å². The van der Waals surface area contributed by atoms with Gasteiger partial charge in [-0.25, -0.2) is 8.42 Å². The van der Waals surface area contributed by atoms with E-state index in [0.29, 0.717) is 24.5 Å². The number of anilines is 1. The molecule has 1 heterocycles. The summed E-state index contributed by atoms with van der Waals surface area (Å²) < 4.78 is 32.5. The molecular weight excluding hydrogens is 402 g/mol. The number of nitrogens with one attached hydrogen (secondary N) is 1. The van der Waals surface area contributed by atoms with Crippen LogP contribution in [0.25, 0.3) is 11.3 Å². The summed E-state index contributed by atoms with van der Waals surface area (Å²) in [6.07, 6.45) is 0. The minimum atomic E-state index is -3.65. The maximum absolute atomic E-state index is 12.9. The quantitative estimate of drug-likeness (QED) is 0.609. The first-order chi connectivity index (χ1) is 14.3. The van der Waals surface area contributed by atoms with Crippen LogP contribution in [0.2, 0.25) is 0 Å². The van der Waals surface area contributed by atoms with Crippen LogP contribution in [0.3, 0.4) is 0 Å². The molecular formula is C22H25N3O4S. The number of nitrogens with zero attached hydrogens (tertiary/aromatic N) is 2. The molecule has 1 aromatic heterocycles. The van der Waals surface area contributed by atoms with Gasteiger partial charge in [0.2, 0.25) is 10.0 Å². The summed E-state index contributed by atoms with van der Waals surface area (Å²) in [5.74, 6) is 0.00679. The van der Waals surface area contributed by atoms with Gasteiger partial charge in [0, 0.05) is 30.4 Å². The van der Waals surface area contributed by atoms with E-state index < -0.39 is 15.9 Å². The first-order valence-corrected chi connectivity index (χ1v) is 11.2. The van der Waals surface area contributed by atoms with Crippen molar-refractivity contribution < 1.29 is 17.7 Å². The number of hydrogen-bond donors (Lipinski definition) is 1. The first kappa shape index (κ1) is 21.7. The van der Waals surface area contributed by atoms with Gasteiger partial charge in [-0.3, -0.25) is 4.79 Å². The van der Waals surface area contributed by atoms with Crippen LogP contribution in [-0.4, -0.2) is 36.9 Å². The molecule has 8 heteroatoms. The summed E-state index contributed by atoms with van der Waals surface area (Å²) in [5, 5.41) is 6.63. The molecule has 7 nitrogen and oxygen atoms in total. The molecule has 0 saturated heterocycles. The third-order valence-electron chi connectivity index (χ3n) is 5.03. The Kier molecular flexibility index (Phi) is 6.38. The van der Waals surface area contributed by atoms with Crippen LogP contribution in [-0.2, 0) is 10.0 Å². The van der Waals surface area contributed by atoms with E-state index in [0.717, 1.165) is 16.7 Å². The number of aromatic nitrogens is 1. The van der Waals surface area contributed by atoms with Crippen LogP contribution < -0.4 is 5.32 Å². The molecule has 3 aromatic rings. The monoisotopic (exact) mass is 427 g/mol. The molecule has 0 aliphatic heterocycles. The number of sulfonamides is 1. The van der Waals surface area contributed by atoms with Gasteiger partial charge in [-0.1, -0.05) is 49.3 Å². The maximum atomic E-state index is 12.9. The Bertz CT molecular complexity index is 1150. The highest BCUT2D eigenvalue weighted by Gasteiger charge is 2.24. The van der Waals surface area contributed by atoms with E-state index in [1.54, 1.807) is 26.0 Å². The number of aryl methyl sites for hydroxylation is 1. The lowest BCUT2D eigenvalue weighted by Gasteiger charge is -2.20. The zero-order valence-corrected chi connectivity index (χ0v) is 18.3. The second-order valence-corrected chi connectivity index (χ2v) is 8.84. The summed E-state index contributed by atoms with van der Waals surface area (Å²) in [5.41, 5.74) is 2.90. The number of rotatable bonds is 7. The average Bonchev–Trinajstić information content (AvgIpc) is 3.23. The summed E-state index contributed by atoms with van der Waals surface area (Å²) in [6.45, 7) is 7.97. The van der Waals surface area contributed by atoms with Crippen LogP contribution >= 0.6 is 0 Å². The zero-order chi connectivity index (χ0) is 21.9. The number of benzene rings is 2. The van der Waals surface area contributed by atoms with Crippen LogP contribution in [0.5, 0.6) is 0 Å². The molecule has 0 unspecified atom stereocenters. The van der Waals surface area contributed by atoms with Gasteiger partial charge in [0.1, 0.15) is 0 Å². The smallest absolute Gasteiger partial charge is 0.277 e. The van der Waals surface area contributed by atoms with E-state index in [4.69, 9.17) is 4.52 Å². The Morgan fingerprint density at radius 1 is 1.07 bits per heavy atom. The molecule has 2 aromatic carbocycles. The normalized spacial score (nSPS) is 11.6. The fraction of sp³-hybridized carbons (Fsp3) is 0.273. The molecule has 1 amide bonds. The summed E-state index contributed by atoms with van der Waals surface area (Å²) >= 11 is 0. The van der Waals surface area contributed by atoms with Gasteiger partial charge in [-0.15, -0.1) is 0 Å². The van der Waals surface area contributed by atoms with Gasteiger partial charge < -0.3 is 9.84 Å². The molecule has 3 rings (SSSR count). The van der Waals surface area contributed by atoms with Crippen molar-refractivity contribution >= 4 is 21.6 Å². The van der Waals surface area contributed by atoms with Crippen molar-refractivity contribution in [2.24, 2.45) is 0 Å². The third-order valence-corrected chi connectivity index (χ3v) is 7.06. The molecule has 0 saturated carbocycles. The maximum Gasteiger partial charge on any atom is 0.277 e. The minimum Gasteiger partial charge on any atom is -0.355 e. The predicted octanol–water partition coefficient (Wildman–Crippen LogP) is 4.24. The third kappa shape index (κ3) is 4.29. The Labute approximate surface area is 176 Å². The zero-order valence-electron chi connectivity index (χ0n) is 17.5. The SMILES string of the molecule is CCN(CC)S(=O)(=O)c1cc(C)c(C)c(NC(=O)c2cc(-c3ccccc3)on2)c1. The lowest BCUT2D eigenvalue weighted by molar-refractivity contribution is 0.101. The minimum absolute atomic E-state index is 0.114. The fourth-order valence-corrected chi connectivity index (χ4v) is 4.70. The van der Waals surface area contributed by atoms with Crippen molar-refractivity contribution in [2.75, 3.05) is 18.4 Å². The van der Waals surface area contributed by atoms with Crippen molar-refractivity contribution in [2.45, 2.75) is 32.6 Å².